The van der Waals surface area contributed by atoms with Crippen LogP contribution in [0, 0.1) is 20.8 Å². The third-order valence-electron chi connectivity index (χ3n) is 5.72. The molecule has 1 aliphatic heterocycles. The van der Waals surface area contributed by atoms with Gasteiger partial charge in [-0.3, -0.25) is 9.78 Å². The molecule has 3 aromatic rings. The maximum atomic E-state index is 12.8. The molecule has 134 valence electrons. The summed E-state index contributed by atoms with van der Waals surface area (Å²) in [6.45, 7) is 7.90. The quantitative estimate of drug-likeness (QED) is 0.623. The first-order valence-corrected chi connectivity index (χ1v) is 10.1. The molecular weight excluding hydrogens is 340 g/mol. The zero-order chi connectivity index (χ0) is 18.3. The fraction of sp³-hybridized carbons (Fsp3) is 0.364. The number of nitrogens with zero attached hydrogens (tertiary/aromatic N) is 2. The molecule has 0 bridgehead atoms. The molecule has 1 fully saturated rings. The minimum absolute atomic E-state index is 0.188. The summed E-state index contributed by atoms with van der Waals surface area (Å²) >= 11 is 1.67. The van der Waals surface area contributed by atoms with E-state index >= 15 is 0 Å². The van der Waals surface area contributed by atoms with Gasteiger partial charge in [0.2, 0.25) is 0 Å². The molecule has 4 heteroatoms. The minimum Gasteiger partial charge on any atom is -0.339 e. The van der Waals surface area contributed by atoms with E-state index in [0.717, 1.165) is 37.1 Å². The number of thiophene rings is 1. The molecule has 4 rings (SSSR count). The van der Waals surface area contributed by atoms with Crippen LogP contribution in [0.2, 0.25) is 0 Å². The van der Waals surface area contributed by atoms with E-state index in [-0.39, 0.29) is 5.91 Å². The number of rotatable bonds is 2. The molecule has 26 heavy (non-hydrogen) atoms. The molecule has 3 heterocycles. The molecule has 0 spiro atoms. The van der Waals surface area contributed by atoms with Gasteiger partial charge in [0.1, 0.15) is 0 Å². The fourth-order valence-corrected chi connectivity index (χ4v) is 4.70. The summed E-state index contributed by atoms with van der Waals surface area (Å²) in [4.78, 5) is 20.8. The number of benzene rings is 1. The zero-order valence-electron chi connectivity index (χ0n) is 15.6. The zero-order valence-corrected chi connectivity index (χ0v) is 16.4. The van der Waals surface area contributed by atoms with E-state index < -0.39 is 0 Å². The SMILES string of the molecule is Cc1scc(C(=O)N2CCC(c3cc4c(C)cccc4cn3)CC2)c1C. The predicted octanol–water partition coefficient (Wildman–Crippen LogP) is 5.24. The Kier molecular flexibility index (Phi) is 4.53. The Morgan fingerprint density at radius 1 is 1.19 bits per heavy atom. The molecule has 1 aliphatic rings. The van der Waals surface area contributed by atoms with Gasteiger partial charge in [-0.25, -0.2) is 0 Å². The smallest absolute Gasteiger partial charge is 0.254 e. The summed E-state index contributed by atoms with van der Waals surface area (Å²) in [7, 11) is 0. The van der Waals surface area contributed by atoms with Crippen molar-refractivity contribution in [3.8, 4) is 0 Å². The lowest BCUT2D eigenvalue weighted by atomic mass is 9.91. The Hall–Kier alpha value is -2.20. The van der Waals surface area contributed by atoms with Gasteiger partial charge in [-0.15, -0.1) is 11.3 Å². The lowest BCUT2D eigenvalue weighted by molar-refractivity contribution is 0.0712. The summed E-state index contributed by atoms with van der Waals surface area (Å²) in [6.07, 6.45) is 3.96. The molecule has 0 aliphatic carbocycles. The Labute approximate surface area is 158 Å². The summed E-state index contributed by atoms with van der Waals surface area (Å²) in [6, 6.07) is 8.60. The lowest BCUT2D eigenvalue weighted by Crippen LogP contribution is -2.38. The van der Waals surface area contributed by atoms with Crippen LogP contribution in [0.5, 0.6) is 0 Å². The number of aryl methyl sites for hydroxylation is 2. The largest absolute Gasteiger partial charge is 0.339 e. The highest BCUT2D eigenvalue weighted by molar-refractivity contribution is 7.10. The number of amides is 1. The van der Waals surface area contributed by atoms with Crippen molar-refractivity contribution in [1.82, 2.24) is 9.88 Å². The number of piperidine rings is 1. The van der Waals surface area contributed by atoms with Gasteiger partial charge in [0.05, 0.1) is 5.56 Å². The van der Waals surface area contributed by atoms with Crippen LogP contribution in [0.15, 0.2) is 35.8 Å². The molecule has 0 unspecified atom stereocenters. The molecule has 1 aromatic carbocycles. The van der Waals surface area contributed by atoms with Crippen molar-refractivity contribution < 1.29 is 4.79 Å². The van der Waals surface area contributed by atoms with Gasteiger partial charge in [-0.2, -0.15) is 0 Å². The number of pyridine rings is 1. The molecule has 3 nitrogen and oxygen atoms in total. The summed E-state index contributed by atoms with van der Waals surface area (Å²) < 4.78 is 0. The molecule has 2 aromatic heterocycles. The lowest BCUT2D eigenvalue weighted by Gasteiger charge is -2.32. The highest BCUT2D eigenvalue weighted by atomic mass is 32.1. The van der Waals surface area contributed by atoms with E-state index in [9.17, 15) is 4.79 Å². The van der Waals surface area contributed by atoms with Crippen LogP contribution in [-0.4, -0.2) is 28.9 Å². The van der Waals surface area contributed by atoms with Crippen LogP contribution in [0.1, 0.15) is 50.8 Å². The fourth-order valence-electron chi connectivity index (χ4n) is 3.84. The second kappa shape index (κ2) is 6.84. The highest BCUT2D eigenvalue weighted by Gasteiger charge is 2.26. The Bertz CT molecular complexity index is 967. The average Bonchev–Trinajstić information content (AvgIpc) is 3.00. The normalized spacial score (nSPS) is 15.6. The van der Waals surface area contributed by atoms with Crippen LogP contribution >= 0.6 is 11.3 Å². The van der Waals surface area contributed by atoms with Crippen molar-refractivity contribution in [3.05, 3.63) is 63.1 Å². The van der Waals surface area contributed by atoms with Crippen molar-refractivity contribution >= 4 is 28.0 Å². The van der Waals surface area contributed by atoms with Crippen molar-refractivity contribution in [2.75, 3.05) is 13.1 Å². The van der Waals surface area contributed by atoms with Gasteiger partial charge in [-0.05, 0) is 56.2 Å². The first kappa shape index (κ1) is 17.2. The average molecular weight is 365 g/mol. The maximum absolute atomic E-state index is 12.8. The number of likely N-dealkylation sites (tertiary alicyclic amines) is 1. The number of hydrogen-bond acceptors (Lipinski definition) is 3. The van der Waals surface area contributed by atoms with E-state index in [1.165, 1.54) is 26.9 Å². The number of carbonyl (C=O) groups excluding carboxylic acids is 1. The third-order valence-corrected chi connectivity index (χ3v) is 6.73. The first-order chi connectivity index (χ1) is 12.5. The number of fused-ring (bicyclic) bond motifs is 1. The molecular formula is C22H24N2OS. The summed E-state index contributed by atoms with van der Waals surface area (Å²) in [5.41, 5.74) is 4.47. The van der Waals surface area contributed by atoms with Crippen LogP contribution in [0.3, 0.4) is 0 Å². The Morgan fingerprint density at radius 3 is 2.65 bits per heavy atom. The van der Waals surface area contributed by atoms with Gasteiger partial charge in [-0.1, -0.05) is 18.2 Å². The molecule has 1 saturated heterocycles. The highest BCUT2D eigenvalue weighted by Crippen LogP contribution is 2.31. The predicted molar refractivity (Wildman–Crippen MR) is 108 cm³/mol. The number of carbonyl (C=O) groups is 1. The van der Waals surface area contributed by atoms with Crippen LogP contribution < -0.4 is 0 Å². The van der Waals surface area contributed by atoms with Crippen molar-refractivity contribution in [3.63, 3.8) is 0 Å². The second-order valence-corrected chi connectivity index (χ2v) is 8.39. The van der Waals surface area contributed by atoms with Crippen molar-refractivity contribution in [1.29, 1.82) is 0 Å². The Morgan fingerprint density at radius 2 is 1.96 bits per heavy atom. The Balaban J connectivity index is 1.49. The van der Waals surface area contributed by atoms with E-state index in [4.69, 9.17) is 4.98 Å². The molecule has 0 atom stereocenters. The topological polar surface area (TPSA) is 33.2 Å². The van der Waals surface area contributed by atoms with Crippen LogP contribution in [0.4, 0.5) is 0 Å². The van der Waals surface area contributed by atoms with Gasteiger partial charge >= 0.3 is 0 Å². The van der Waals surface area contributed by atoms with E-state index in [1.54, 1.807) is 11.3 Å². The monoisotopic (exact) mass is 364 g/mol. The molecule has 0 saturated carbocycles. The minimum atomic E-state index is 0.188. The van der Waals surface area contributed by atoms with Gasteiger partial charge in [0.15, 0.2) is 0 Å². The number of aromatic nitrogens is 1. The van der Waals surface area contributed by atoms with E-state index in [0.29, 0.717) is 5.92 Å². The molecule has 1 amide bonds. The number of hydrogen-bond donors (Lipinski definition) is 0. The van der Waals surface area contributed by atoms with Gasteiger partial charge < -0.3 is 4.90 Å². The summed E-state index contributed by atoms with van der Waals surface area (Å²) in [5.74, 6) is 0.626. The van der Waals surface area contributed by atoms with E-state index in [1.807, 2.05) is 23.4 Å². The molecule has 0 radical (unpaired) electrons. The van der Waals surface area contributed by atoms with Gasteiger partial charge in [0.25, 0.3) is 5.91 Å². The second-order valence-electron chi connectivity index (χ2n) is 7.30. The van der Waals surface area contributed by atoms with Crippen molar-refractivity contribution in [2.24, 2.45) is 0 Å². The van der Waals surface area contributed by atoms with Gasteiger partial charge in [0, 0.05) is 46.5 Å². The van der Waals surface area contributed by atoms with Crippen LogP contribution in [-0.2, 0) is 0 Å². The third kappa shape index (κ3) is 3.03. The van der Waals surface area contributed by atoms with E-state index in [2.05, 4.69) is 38.1 Å². The van der Waals surface area contributed by atoms with Crippen molar-refractivity contribution in [2.45, 2.75) is 39.5 Å². The summed E-state index contributed by atoms with van der Waals surface area (Å²) in [5, 5.41) is 4.50. The maximum Gasteiger partial charge on any atom is 0.254 e. The molecule has 0 N–H and O–H groups in total. The standard InChI is InChI=1S/C22H24N2OS/c1-14-5-4-6-18-12-23-21(11-19(14)18)17-7-9-24(10-8-17)22(25)20-13-26-16(3)15(20)2/h4-6,11-13,17H,7-10H2,1-3H3. The van der Waals surface area contributed by atoms with Crippen LogP contribution in [0.25, 0.3) is 10.8 Å². The first-order valence-electron chi connectivity index (χ1n) is 9.24.